The van der Waals surface area contributed by atoms with Crippen molar-refractivity contribution in [3.8, 4) is 11.1 Å². The molecule has 2 aromatic carbocycles. The quantitative estimate of drug-likeness (QED) is 0.765. The van der Waals surface area contributed by atoms with Crippen LogP contribution in [0, 0.1) is 0 Å². The van der Waals surface area contributed by atoms with Crippen molar-refractivity contribution in [1.82, 2.24) is 0 Å². The zero-order valence-electron chi connectivity index (χ0n) is 11.5. The molecule has 2 aromatic rings. The fourth-order valence-corrected chi connectivity index (χ4v) is 2.02. The second kappa shape index (κ2) is 5.72. The summed E-state index contributed by atoms with van der Waals surface area (Å²) in [6.45, 7) is 5.38. The number of anilines is 1. The summed E-state index contributed by atoms with van der Waals surface area (Å²) in [6.07, 6.45) is 1.10. The Morgan fingerprint density at radius 1 is 0.778 bits per heavy atom. The molecule has 94 valence electrons. The third kappa shape index (κ3) is 2.73. The van der Waals surface area contributed by atoms with Crippen molar-refractivity contribution in [3.63, 3.8) is 0 Å². The van der Waals surface area contributed by atoms with Crippen LogP contribution in [-0.4, -0.2) is 13.6 Å². The largest absolute Gasteiger partial charge is 0.375 e. The van der Waals surface area contributed by atoms with E-state index >= 15 is 0 Å². The fourth-order valence-electron chi connectivity index (χ4n) is 2.02. The van der Waals surface area contributed by atoms with Crippen molar-refractivity contribution in [2.24, 2.45) is 0 Å². The first-order valence-electron chi connectivity index (χ1n) is 6.65. The van der Waals surface area contributed by atoms with Crippen LogP contribution < -0.4 is 4.90 Å². The van der Waals surface area contributed by atoms with Gasteiger partial charge in [0, 0.05) is 19.3 Å². The highest BCUT2D eigenvalue weighted by Crippen LogP contribution is 2.23. The maximum atomic E-state index is 2.24. The van der Waals surface area contributed by atoms with Gasteiger partial charge in [0.2, 0.25) is 0 Å². The Balaban J connectivity index is 2.22. The van der Waals surface area contributed by atoms with E-state index in [1.54, 1.807) is 0 Å². The van der Waals surface area contributed by atoms with Gasteiger partial charge in [0.25, 0.3) is 0 Å². The minimum atomic E-state index is 1.03. The number of aryl methyl sites for hydroxylation is 1. The molecule has 0 aromatic heterocycles. The lowest BCUT2D eigenvalue weighted by Crippen LogP contribution is -2.15. The molecule has 0 bridgehead atoms. The molecule has 0 fully saturated rings. The van der Waals surface area contributed by atoms with E-state index in [2.05, 4.69) is 74.3 Å². The molecule has 0 N–H and O–H groups in total. The predicted molar refractivity (Wildman–Crippen MR) is 80.2 cm³/mol. The van der Waals surface area contributed by atoms with Crippen molar-refractivity contribution in [1.29, 1.82) is 0 Å². The van der Waals surface area contributed by atoms with Crippen LogP contribution in [0.4, 0.5) is 5.69 Å². The Bertz CT molecular complexity index is 482. The maximum Gasteiger partial charge on any atom is 0.0363 e. The minimum Gasteiger partial charge on any atom is -0.375 e. The van der Waals surface area contributed by atoms with E-state index in [1.807, 2.05) is 0 Å². The van der Waals surface area contributed by atoms with Crippen LogP contribution in [-0.2, 0) is 6.42 Å². The van der Waals surface area contributed by atoms with E-state index in [0.29, 0.717) is 0 Å². The molecule has 0 saturated carbocycles. The van der Waals surface area contributed by atoms with Gasteiger partial charge < -0.3 is 4.90 Å². The van der Waals surface area contributed by atoms with Crippen LogP contribution in [0.2, 0.25) is 0 Å². The third-order valence-corrected chi connectivity index (χ3v) is 3.48. The smallest absolute Gasteiger partial charge is 0.0363 e. The molecule has 0 saturated heterocycles. The van der Waals surface area contributed by atoms with Gasteiger partial charge >= 0.3 is 0 Å². The van der Waals surface area contributed by atoms with Gasteiger partial charge in [-0.2, -0.15) is 0 Å². The Kier molecular flexibility index (Phi) is 4.03. The third-order valence-electron chi connectivity index (χ3n) is 3.48. The van der Waals surface area contributed by atoms with Crippen molar-refractivity contribution in [3.05, 3.63) is 54.1 Å². The highest BCUT2D eigenvalue weighted by atomic mass is 15.1. The summed E-state index contributed by atoms with van der Waals surface area (Å²) in [5.41, 5.74) is 5.23. The molecule has 0 spiro atoms. The van der Waals surface area contributed by atoms with Crippen LogP contribution >= 0.6 is 0 Å². The van der Waals surface area contributed by atoms with Crippen LogP contribution in [0.5, 0.6) is 0 Å². The Morgan fingerprint density at radius 2 is 1.28 bits per heavy atom. The first kappa shape index (κ1) is 12.7. The van der Waals surface area contributed by atoms with E-state index in [0.717, 1.165) is 13.0 Å². The normalized spacial score (nSPS) is 10.4. The summed E-state index contributed by atoms with van der Waals surface area (Å²) in [6, 6.07) is 17.6. The predicted octanol–water partition coefficient (Wildman–Crippen LogP) is 4.37. The standard InChI is InChI=1S/C17H21N/c1-4-14-6-8-15(9-7-14)16-10-12-17(13-11-16)18(3)5-2/h6-13H,4-5H2,1-3H3. The number of rotatable bonds is 4. The van der Waals surface area contributed by atoms with E-state index in [9.17, 15) is 0 Å². The van der Waals surface area contributed by atoms with Crippen LogP contribution in [0.3, 0.4) is 0 Å². The first-order valence-corrected chi connectivity index (χ1v) is 6.65. The van der Waals surface area contributed by atoms with E-state index < -0.39 is 0 Å². The van der Waals surface area contributed by atoms with Crippen molar-refractivity contribution >= 4 is 5.69 Å². The molecule has 1 heteroatoms. The number of benzene rings is 2. The second-order valence-corrected chi connectivity index (χ2v) is 4.61. The van der Waals surface area contributed by atoms with Gasteiger partial charge in [-0.1, -0.05) is 43.3 Å². The van der Waals surface area contributed by atoms with Gasteiger partial charge in [0.15, 0.2) is 0 Å². The Morgan fingerprint density at radius 3 is 1.72 bits per heavy atom. The van der Waals surface area contributed by atoms with Crippen molar-refractivity contribution < 1.29 is 0 Å². The summed E-state index contributed by atoms with van der Waals surface area (Å²) in [4.78, 5) is 2.24. The van der Waals surface area contributed by atoms with Crippen LogP contribution in [0.15, 0.2) is 48.5 Å². The van der Waals surface area contributed by atoms with E-state index in [-0.39, 0.29) is 0 Å². The summed E-state index contributed by atoms with van der Waals surface area (Å²) in [7, 11) is 2.12. The number of hydrogen-bond acceptors (Lipinski definition) is 1. The van der Waals surface area contributed by atoms with Crippen LogP contribution in [0.1, 0.15) is 19.4 Å². The van der Waals surface area contributed by atoms with Gasteiger partial charge in [-0.25, -0.2) is 0 Å². The van der Waals surface area contributed by atoms with E-state index in [1.165, 1.54) is 22.4 Å². The average molecular weight is 239 g/mol. The average Bonchev–Trinajstić information content (AvgIpc) is 2.47. The maximum absolute atomic E-state index is 2.24. The monoisotopic (exact) mass is 239 g/mol. The molecular formula is C17H21N. The second-order valence-electron chi connectivity index (χ2n) is 4.61. The molecule has 2 rings (SSSR count). The zero-order chi connectivity index (χ0) is 13.0. The van der Waals surface area contributed by atoms with Gasteiger partial charge in [-0.15, -0.1) is 0 Å². The molecule has 18 heavy (non-hydrogen) atoms. The van der Waals surface area contributed by atoms with Crippen LogP contribution in [0.25, 0.3) is 11.1 Å². The molecule has 0 unspecified atom stereocenters. The molecular weight excluding hydrogens is 218 g/mol. The Labute approximate surface area is 110 Å². The van der Waals surface area contributed by atoms with Gasteiger partial charge in [-0.05, 0) is 42.2 Å². The number of nitrogens with zero attached hydrogens (tertiary/aromatic N) is 1. The number of hydrogen-bond donors (Lipinski definition) is 0. The highest BCUT2D eigenvalue weighted by Gasteiger charge is 2.00. The Hall–Kier alpha value is -1.76. The molecule has 0 atom stereocenters. The summed E-state index contributed by atoms with van der Waals surface area (Å²) >= 11 is 0. The minimum absolute atomic E-state index is 1.03. The van der Waals surface area contributed by atoms with Gasteiger partial charge in [0.05, 0.1) is 0 Å². The molecule has 0 heterocycles. The van der Waals surface area contributed by atoms with E-state index in [4.69, 9.17) is 0 Å². The molecule has 1 nitrogen and oxygen atoms in total. The van der Waals surface area contributed by atoms with Gasteiger partial charge in [0.1, 0.15) is 0 Å². The topological polar surface area (TPSA) is 3.24 Å². The van der Waals surface area contributed by atoms with Crippen molar-refractivity contribution in [2.45, 2.75) is 20.3 Å². The fraction of sp³-hybridized carbons (Fsp3) is 0.294. The summed E-state index contributed by atoms with van der Waals surface area (Å²) in [5.74, 6) is 0. The molecule has 0 amide bonds. The lowest BCUT2D eigenvalue weighted by atomic mass is 10.0. The van der Waals surface area contributed by atoms with Crippen molar-refractivity contribution in [2.75, 3.05) is 18.5 Å². The lowest BCUT2D eigenvalue weighted by molar-refractivity contribution is 0.968. The molecule has 0 aliphatic heterocycles. The molecule has 0 radical (unpaired) electrons. The zero-order valence-corrected chi connectivity index (χ0v) is 11.5. The lowest BCUT2D eigenvalue weighted by Gasteiger charge is -2.17. The van der Waals surface area contributed by atoms with Gasteiger partial charge in [-0.3, -0.25) is 0 Å². The highest BCUT2D eigenvalue weighted by molar-refractivity contribution is 5.66. The molecule has 0 aliphatic carbocycles. The summed E-state index contributed by atoms with van der Waals surface area (Å²) in [5, 5.41) is 0. The molecule has 0 aliphatic rings. The SMILES string of the molecule is CCc1ccc(-c2ccc(N(C)CC)cc2)cc1. The summed E-state index contributed by atoms with van der Waals surface area (Å²) < 4.78 is 0. The first-order chi connectivity index (χ1) is 8.74.